The summed E-state index contributed by atoms with van der Waals surface area (Å²) in [6.45, 7) is 4.94. The van der Waals surface area contributed by atoms with E-state index in [-0.39, 0.29) is 0 Å². The summed E-state index contributed by atoms with van der Waals surface area (Å²) in [7, 11) is 0. The summed E-state index contributed by atoms with van der Waals surface area (Å²) in [5.41, 5.74) is 10.4. The van der Waals surface area contributed by atoms with E-state index in [1.165, 1.54) is 16.8 Å². The largest absolute Gasteiger partial charge is 0.330 e. The number of nitrogens with zero attached hydrogens (tertiary/aromatic N) is 2. The zero-order valence-electron chi connectivity index (χ0n) is 10.5. The minimum Gasteiger partial charge on any atom is -0.330 e. The molecule has 0 radical (unpaired) electrons. The molecule has 90 valence electrons. The molecule has 3 heteroatoms. The first-order valence-corrected chi connectivity index (χ1v) is 6.03. The highest BCUT2D eigenvalue weighted by molar-refractivity contribution is 5.37. The van der Waals surface area contributed by atoms with Gasteiger partial charge < -0.3 is 5.73 Å². The van der Waals surface area contributed by atoms with E-state index >= 15 is 0 Å². The van der Waals surface area contributed by atoms with Crippen LogP contribution in [0, 0.1) is 13.8 Å². The predicted octanol–water partition coefficient (Wildman–Crippen LogP) is 2.38. The van der Waals surface area contributed by atoms with Crippen molar-refractivity contribution in [3.8, 4) is 5.69 Å². The van der Waals surface area contributed by atoms with Crippen LogP contribution < -0.4 is 5.73 Å². The molecule has 1 heterocycles. The van der Waals surface area contributed by atoms with Crippen LogP contribution in [0.4, 0.5) is 0 Å². The van der Waals surface area contributed by atoms with E-state index in [2.05, 4.69) is 43.2 Å². The van der Waals surface area contributed by atoms with Gasteiger partial charge in [0, 0.05) is 5.69 Å². The lowest BCUT2D eigenvalue weighted by molar-refractivity contribution is 0.815. The standard InChI is InChI=1S/C14H19N3/c1-11-5-3-7-14(9-11)17-12(2)13(10-16-17)6-4-8-15/h3,5,7,9-10H,4,6,8,15H2,1-2H3. The Bertz CT molecular complexity index is 500. The number of aryl methyl sites for hydroxylation is 2. The van der Waals surface area contributed by atoms with E-state index in [1.807, 2.05) is 10.9 Å². The Morgan fingerprint density at radius 2 is 2.12 bits per heavy atom. The van der Waals surface area contributed by atoms with Gasteiger partial charge in [0.05, 0.1) is 11.9 Å². The van der Waals surface area contributed by atoms with Crippen LogP contribution in [0.5, 0.6) is 0 Å². The summed E-state index contributed by atoms with van der Waals surface area (Å²) in [5.74, 6) is 0. The lowest BCUT2D eigenvalue weighted by atomic mass is 10.1. The summed E-state index contributed by atoms with van der Waals surface area (Å²) >= 11 is 0. The normalized spacial score (nSPS) is 10.8. The van der Waals surface area contributed by atoms with Gasteiger partial charge >= 0.3 is 0 Å². The third kappa shape index (κ3) is 2.56. The molecule has 0 aliphatic carbocycles. The van der Waals surface area contributed by atoms with Gasteiger partial charge in [-0.1, -0.05) is 12.1 Å². The van der Waals surface area contributed by atoms with Gasteiger partial charge in [-0.05, 0) is 56.5 Å². The van der Waals surface area contributed by atoms with Crippen molar-refractivity contribution in [2.45, 2.75) is 26.7 Å². The van der Waals surface area contributed by atoms with E-state index in [9.17, 15) is 0 Å². The summed E-state index contributed by atoms with van der Waals surface area (Å²) in [4.78, 5) is 0. The fourth-order valence-corrected chi connectivity index (χ4v) is 2.00. The quantitative estimate of drug-likeness (QED) is 0.874. The SMILES string of the molecule is Cc1cccc(-n2ncc(CCCN)c2C)c1. The van der Waals surface area contributed by atoms with E-state index in [4.69, 9.17) is 5.73 Å². The van der Waals surface area contributed by atoms with E-state index in [0.717, 1.165) is 25.1 Å². The molecule has 0 bridgehead atoms. The van der Waals surface area contributed by atoms with Crippen molar-refractivity contribution >= 4 is 0 Å². The molecule has 2 aromatic rings. The molecule has 1 aromatic heterocycles. The van der Waals surface area contributed by atoms with E-state index < -0.39 is 0 Å². The number of nitrogens with two attached hydrogens (primary N) is 1. The summed E-state index contributed by atoms with van der Waals surface area (Å²) in [5, 5.41) is 4.46. The van der Waals surface area contributed by atoms with Gasteiger partial charge in [-0.25, -0.2) is 4.68 Å². The number of aromatic nitrogens is 2. The van der Waals surface area contributed by atoms with Crippen LogP contribution in [0.3, 0.4) is 0 Å². The number of hydrogen-bond acceptors (Lipinski definition) is 2. The molecule has 0 amide bonds. The minimum absolute atomic E-state index is 0.731. The maximum Gasteiger partial charge on any atom is 0.0651 e. The number of hydrogen-bond donors (Lipinski definition) is 1. The first-order chi connectivity index (χ1) is 8.22. The molecule has 3 nitrogen and oxygen atoms in total. The van der Waals surface area contributed by atoms with Gasteiger partial charge in [-0.15, -0.1) is 0 Å². The van der Waals surface area contributed by atoms with E-state index in [0.29, 0.717) is 0 Å². The van der Waals surface area contributed by atoms with Gasteiger partial charge in [-0.2, -0.15) is 5.10 Å². The Balaban J connectivity index is 2.30. The van der Waals surface area contributed by atoms with Gasteiger partial charge in [0.1, 0.15) is 0 Å². The molecule has 2 N–H and O–H groups in total. The zero-order chi connectivity index (χ0) is 12.3. The van der Waals surface area contributed by atoms with Crippen LogP contribution in [0.25, 0.3) is 5.69 Å². The summed E-state index contributed by atoms with van der Waals surface area (Å²) < 4.78 is 2.00. The zero-order valence-corrected chi connectivity index (χ0v) is 10.5. The second kappa shape index (κ2) is 5.15. The highest BCUT2D eigenvalue weighted by Crippen LogP contribution is 2.16. The molecular weight excluding hydrogens is 210 g/mol. The van der Waals surface area contributed by atoms with Crippen molar-refractivity contribution in [1.29, 1.82) is 0 Å². The Kier molecular flexibility index (Phi) is 3.59. The molecular formula is C14H19N3. The Morgan fingerprint density at radius 1 is 1.29 bits per heavy atom. The van der Waals surface area contributed by atoms with Crippen LogP contribution in [0.1, 0.15) is 23.2 Å². The molecule has 0 unspecified atom stereocenters. The van der Waals surface area contributed by atoms with Crippen LogP contribution in [0.2, 0.25) is 0 Å². The Labute approximate surface area is 102 Å². The molecule has 0 saturated heterocycles. The highest BCUT2D eigenvalue weighted by atomic mass is 15.3. The van der Waals surface area contributed by atoms with Gasteiger partial charge in [-0.3, -0.25) is 0 Å². The Hall–Kier alpha value is -1.61. The highest BCUT2D eigenvalue weighted by Gasteiger charge is 2.07. The molecule has 0 atom stereocenters. The number of benzene rings is 1. The summed E-state index contributed by atoms with van der Waals surface area (Å²) in [6.07, 6.45) is 3.97. The predicted molar refractivity (Wildman–Crippen MR) is 70.4 cm³/mol. The third-order valence-electron chi connectivity index (χ3n) is 3.01. The topological polar surface area (TPSA) is 43.8 Å². The van der Waals surface area contributed by atoms with Crippen molar-refractivity contribution in [2.75, 3.05) is 6.54 Å². The first kappa shape index (κ1) is 11.9. The second-order valence-corrected chi connectivity index (χ2v) is 4.40. The van der Waals surface area contributed by atoms with Crippen molar-refractivity contribution in [2.24, 2.45) is 5.73 Å². The van der Waals surface area contributed by atoms with Crippen molar-refractivity contribution < 1.29 is 0 Å². The van der Waals surface area contributed by atoms with Crippen LogP contribution >= 0.6 is 0 Å². The van der Waals surface area contributed by atoms with Crippen molar-refractivity contribution in [1.82, 2.24) is 9.78 Å². The lowest BCUT2D eigenvalue weighted by Gasteiger charge is -2.06. The fraction of sp³-hybridized carbons (Fsp3) is 0.357. The average molecular weight is 229 g/mol. The Morgan fingerprint density at radius 3 is 2.82 bits per heavy atom. The molecule has 2 rings (SSSR count). The molecule has 0 aliphatic heterocycles. The number of rotatable bonds is 4. The minimum atomic E-state index is 0.731. The maximum absolute atomic E-state index is 5.54. The van der Waals surface area contributed by atoms with Gasteiger partial charge in [0.2, 0.25) is 0 Å². The van der Waals surface area contributed by atoms with Gasteiger partial charge in [0.15, 0.2) is 0 Å². The maximum atomic E-state index is 5.54. The molecule has 0 aliphatic rings. The third-order valence-corrected chi connectivity index (χ3v) is 3.01. The van der Waals surface area contributed by atoms with Crippen molar-refractivity contribution in [3.63, 3.8) is 0 Å². The second-order valence-electron chi connectivity index (χ2n) is 4.40. The molecule has 0 spiro atoms. The van der Waals surface area contributed by atoms with Crippen molar-refractivity contribution in [3.05, 3.63) is 47.3 Å². The molecule has 17 heavy (non-hydrogen) atoms. The lowest BCUT2D eigenvalue weighted by Crippen LogP contribution is -2.02. The molecule has 0 fully saturated rings. The molecule has 1 aromatic carbocycles. The fourth-order valence-electron chi connectivity index (χ4n) is 2.00. The monoisotopic (exact) mass is 229 g/mol. The average Bonchev–Trinajstić information content (AvgIpc) is 2.68. The first-order valence-electron chi connectivity index (χ1n) is 6.03. The van der Waals surface area contributed by atoms with Crippen LogP contribution in [-0.2, 0) is 6.42 Å². The van der Waals surface area contributed by atoms with E-state index in [1.54, 1.807) is 0 Å². The summed E-state index contributed by atoms with van der Waals surface area (Å²) in [6, 6.07) is 8.38. The molecule has 0 saturated carbocycles. The van der Waals surface area contributed by atoms with Crippen LogP contribution in [-0.4, -0.2) is 16.3 Å². The van der Waals surface area contributed by atoms with Crippen LogP contribution in [0.15, 0.2) is 30.5 Å². The smallest absolute Gasteiger partial charge is 0.0651 e. The van der Waals surface area contributed by atoms with Gasteiger partial charge in [0.25, 0.3) is 0 Å².